The van der Waals surface area contributed by atoms with Crippen molar-refractivity contribution in [2.45, 2.75) is 147 Å². The molecule has 1 heterocycles. The molecule has 0 aliphatic carbocycles. The lowest BCUT2D eigenvalue weighted by Gasteiger charge is -2.36. The lowest BCUT2D eigenvalue weighted by atomic mass is 10.2. The molecule has 44 heavy (non-hydrogen) atoms. The molecule has 256 valence electrons. The summed E-state index contributed by atoms with van der Waals surface area (Å²) in [6.45, 7) is 28.4. The molecular weight excluding hydrogens is 644 g/mol. The van der Waals surface area contributed by atoms with Gasteiger partial charge in [-0.05, 0) is 115 Å². The maximum Gasteiger partial charge on any atom is 0.403 e. The second-order valence-corrected chi connectivity index (χ2v) is 20.7. The summed E-state index contributed by atoms with van der Waals surface area (Å²) in [4.78, 5) is 0. The monoisotopic (exact) mass is 700 g/mol. The third kappa shape index (κ3) is 12.4. The summed E-state index contributed by atoms with van der Waals surface area (Å²) in [5.74, 6) is 0.534. The van der Waals surface area contributed by atoms with Crippen LogP contribution >= 0.6 is 30.6 Å². The molecule has 0 amide bonds. The summed E-state index contributed by atoms with van der Waals surface area (Å²) in [6.07, 6.45) is -2.48. The Morgan fingerprint density at radius 1 is 0.409 bits per heavy atom. The molecule has 0 saturated carbocycles. The van der Waals surface area contributed by atoms with Crippen LogP contribution in [0.4, 0.5) is 0 Å². The van der Waals surface area contributed by atoms with Gasteiger partial charge in [0, 0.05) is 0 Å². The van der Waals surface area contributed by atoms with E-state index in [2.05, 4.69) is 0 Å². The van der Waals surface area contributed by atoms with Crippen LogP contribution in [-0.2, 0) is 31.7 Å². The summed E-state index contributed by atoms with van der Waals surface area (Å²) in [6, 6.07) is 7.60. The second kappa shape index (κ2) is 16.7. The van der Waals surface area contributed by atoms with E-state index < -0.39 is 30.6 Å². The van der Waals surface area contributed by atoms with E-state index in [9.17, 15) is 0 Å². The fourth-order valence-electron chi connectivity index (χ4n) is 3.78. The zero-order valence-electron chi connectivity index (χ0n) is 29.2. The molecule has 1 atom stereocenters. The Labute approximate surface area is 266 Å². The third-order valence-electron chi connectivity index (χ3n) is 4.65. The number of nitrogens with zero attached hydrogens (tertiary/aromatic N) is 4. The Bertz CT molecular complexity index is 1250. The first-order valence-electron chi connectivity index (χ1n) is 15.3. The zero-order chi connectivity index (χ0) is 33.5. The molecule has 0 spiro atoms. The van der Waals surface area contributed by atoms with Crippen LogP contribution in [-0.4, -0.2) is 42.7 Å². The highest BCUT2D eigenvalue weighted by molar-refractivity contribution is 7.78. The topological polar surface area (TPSA) is 123 Å². The van der Waals surface area contributed by atoms with Gasteiger partial charge in [0.2, 0.25) is 0 Å². The Kier molecular flexibility index (Phi) is 15.1. The molecule has 12 nitrogen and oxygen atoms in total. The van der Waals surface area contributed by atoms with Crippen LogP contribution in [0.25, 0.3) is 0 Å². The van der Waals surface area contributed by atoms with E-state index in [1.807, 2.05) is 128 Å². The van der Waals surface area contributed by atoms with Crippen LogP contribution in [0.1, 0.15) is 102 Å². The van der Waals surface area contributed by atoms with Gasteiger partial charge in [-0.2, -0.15) is 0 Å². The Balaban J connectivity index is 3.38. The van der Waals surface area contributed by atoms with Crippen LogP contribution < -0.4 is 4.52 Å². The maximum atomic E-state index is 6.79. The number of rotatable bonds is 16. The highest BCUT2D eigenvalue weighted by Gasteiger charge is 2.46. The van der Waals surface area contributed by atoms with Crippen molar-refractivity contribution in [2.24, 2.45) is 18.1 Å². The van der Waals surface area contributed by atoms with Gasteiger partial charge in [0.05, 0.1) is 42.7 Å². The van der Waals surface area contributed by atoms with Crippen LogP contribution in [0.5, 0.6) is 5.75 Å². The standard InChI is InChI=1S/C28H56N4O8P4/c1-20(2)33-41(34-21(3)4)29-42(35-22(5)6,36-23(7)8)31-44(39-26(13)14,40-28-19-17-16-18-27(28)15)32-43(30-41,37-24(9)10)38-25(11)12/h16-26H,1-15H3. The molecule has 1 aromatic rings. The minimum Gasteiger partial charge on any atom is -0.422 e. The number of hydrogen-bond donors (Lipinski definition) is 0. The third-order valence-corrected chi connectivity index (χ3v) is 17.2. The molecular formula is C28H56N4O8P4. The number of para-hydroxylation sites is 1. The summed E-state index contributed by atoms with van der Waals surface area (Å²) >= 11 is 0. The summed E-state index contributed by atoms with van der Waals surface area (Å²) < 4.78 is 73.8. The van der Waals surface area contributed by atoms with E-state index in [1.165, 1.54) is 0 Å². The van der Waals surface area contributed by atoms with E-state index in [0.29, 0.717) is 5.75 Å². The van der Waals surface area contributed by atoms with Gasteiger partial charge in [0.25, 0.3) is 0 Å². The minimum atomic E-state index is -3.79. The Hall–Kier alpha value is -0.340. The molecule has 1 aliphatic heterocycles. The highest BCUT2D eigenvalue weighted by Crippen LogP contribution is 2.81. The van der Waals surface area contributed by atoms with E-state index >= 15 is 0 Å². The van der Waals surface area contributed by atoms with Crippen molar-refractivity contribution in [1.82, 2.24) is 0 Å². The molecule has 1 unspecified atom stereocenters. The molecule has 0 saturated heterocycles. The predicted molar refractivity (Wildman–Crippen MR) is 183 cm³/mol. The summed E-state index contributed by atoms with van der Waals surface area (Å²) in [7, 11) is -14.8. The van der Waals surface area contributed by atoms with E-state index in [-0.39, 0.29) is 42.7 Å². The van der Waals surface area contributed by atoms with Crippen molar-refractivity contribution in [2.75, 3.05) is 0 Å². The van der Waals surface area contributed by atoms with Crippen LogP contribution in [0.15, 0.2) is 42.3 Å². The quantitative estimate of drug-likeness (QED) is 0.156. The Morgan fingerprint density at radius 2 is 0.659 bits per heavy atom. The molecule has 16 heteroatoms. The Morgan fingerprint density at radius 3 is 0.955 bits per heavy atom. The lowest BCUT2D eigenvalue weighted by molar-refractivity contribution is 0.155. The lowest BCUT2D eigenvalue weighted by Crippen LogP contribution is -2.14. The van der Waals surface area contributed by atoms with Gasteiger partial charge in [-0.3, -0.25) is 4.52 Å². The van der Waals surface area contributed by atoms with Gasteiger partial charge in [-0.25, -0.2) is 0 Å². The summed E-state index contributed by atoms with van der Waals surface area (Å²) in [5, 5.41) is 0. The SMILES string of the molecule is Cc1ccccc1OP1(OC(C)C)=NP(OC(C)C)(OC(C)C)=NP(OC(C)C)(OC(C)C)=NP(OC(C)C)(OC(C)C)=N1. The molecule has 0 N–H and O–H groups in total. The van der Waals surface area contributed by atoms with Gasteiger partial charge in [-0.1, -0.05) is 18.2 Å². The fraction of sp³-hybridized carbons (Fsp3) is 0.786. The van der Waals surface area contributed by atoms with Gasteiger partial charge in [0.1, 0.15) is 5.75 Å². The molecule has 2 rings (SSSR count). The molecule has 0 aromatic heterocycles. The van der Waals surface area contributed by atoms with Crippen molar-refractivity contribution < 1.29 is 36.2 Å². The van der Waals surface area contributed by atoms with Gasteiger partial charge in [-0.15, -0.1) is 18.1 Å². The van der Waals surface area contributed by atoms with Crippen LogP contribution in [0.2, 0.25) is 0 Å². The largest absolute Gasteiger partial charge is 0.422 e. The molecule has 1 aromatic carbocycles. The zero-order valence-corrected chi connectivity index (χ0v) is 32.8. The molecule has 0 bridgehead atoms. The average molecular weight is 701 g/mol. The van der Waals surface area contributed by atoms with Crippen molar-refractivity contribution >= 4 is 30.6 Å². The van der Waals surface area contributed by atoms with E-state index in [0.717, 1.165) is 5.56 Å². The van der Waals surface area contributed by atoms with Gasteiger partial charge >= 0.3 is 30.6 Å². The fourth-order valence-corrected chi connectivity index (χ4v) is 17.4. The van der Waals surface area contributed by atoms with E-state index in [4.69, 9.17) is 54.3 Å². The predicted octanol–water partition coefficient (Wildman–Crippen LogP) is 12.1. The second-order valence-electron chi connectivity index (χ2n) is 12.3. The normalized spacial score (nSPS) is 21.3. The van der Waals surface area contributed by atoms with Gasteiger partial charge in [0.15, 0.2) is 0 Å². The average Bonchev–Trinajstić information content (AvgIpc) is 2.75. The first kappa shape index (κ1) is 39.8. The number of benzene rings is 1. The van der Waals surface area contributed by atoms with Crippen molar-refractivity contribution in [3.8, 4) is 5.75 Å². The van der Waals surface area contributed by atoms with Gasteiger partial charge < -0.3 is 31.7 Å². The number of hydrogen-bond acceptors (Lipinski definition) is 12. The van der Waals surface area contributed by atoms with Crippen LogP contribution in [0.3, 0.4) is 0 Å². The maximum absolute atomic E-state index is 6.79. The molecule has 1 aliphatic rings. The number of aryl methyl sites for hydroxylation is 1. The van der Waals surface area contributed by atoms with Crippen LogP contribution in [0, 0.1) is 6.92 Å². The first-order valence-corrected chi connectivity index (χ1v) is 21.4. The smallest absolute Gasteiger partial charge is 0.403 e. The summed E-state index contributed by atoms with van der Waals surface area (Å²) in [5.41, 5.74) is 0.866. The molecule has 0 radical (unpaired) electrons. The highest BCUT2D eigenvalue weighted by atomic mass is 31.3. The van der Waals surface area contributed by atoms with Crippen molar-refractivity contribution in [1.29, 1.82) is 0 Å². The molecule has 0 fully saturated rings. The van der Waals surface area contributed by atoms with Crippen molar-refractivity contribution in [3.05, 3.63) is 29.8 Å². The van der Waals surface area contributed by atoms with E-state index in [1.54, 1.807) is 0 Å². The minimum absolute atomic E-state index is 0.344. The first-order chi connectivity index (χ1) is 20.2. The van der Waals surface area contributed by atoms with Crippen molar-refractivity contribution in [3.63, 3.8) is 0 Å².